The number of aryl methyl sites for hydroxylation is 1. The van der Waals surface area contributed by atoms with Crippen molar-refractivity contribution in [2.75, 3.05) is 6.54 Å². The minimum Gasteiger partial charge on any atom is -0.332 e. The molecule has 122 valence electrons. The van der Waals surface area contributed by atoms with Crippen molar-refractivity contribution in [3.05, 3.63) is 51.7 Å². The third-order valence-electron chi connectivity index (χ3n) is 4.21. The van der Waals surface area contributed by atoms with E-state index in [0.717, 1.165) is 24.0 Å². The van der Waals surface area contributed by atoms with Gasteiger partial charge in [0.1, 0.15) is 0 Å². The molecule has 2 aromatic rings. The Bertz CT molecular complexity index is 829. The number of carbonyl (C=O) groups is 1. The molecule has 1 aromatic carbocycles. The van der Waals surface area contributed by atoms with Crippen LogP contribution in [0.3, 0.4) is 0 Å². The van der Waals surface area contributed by atoms with Gasteiger partial charge in [-0.3, -0.25) is 4.79 Å². The van der Waals surface area contributed by atoms with Crippen LogP contribution in [0, 0.1) is 6.92 Å². The molecule has 0 bridgehead atoms. The number of hydrogen-bond donors (Lipinski definition) is 1. The molecule has 23 heavy (non-hydrogen) atoms. The van der Waals surface area contributed by atoms with Gasteiger partial charge in [-0.2, -0.15) is 11.3 Å². The number of amides is 1. The number of likely N-dealkylation sites (tertiary alicyclic amines) is 1. The summed E-state index contributed by atoms with van der Waals surface area (Å²) in [7, 11) is -3.82. The highest BCUT2D eigenvalue weighted by Gasteiger charge is 2.31. The first-order chi connectivity index (χ1) is 10.9. The van der Waals surface area contributed by atoms with Crippen molar-refractivity contribution < 1.29 is 13.2 Å². The Morgan fingerprint density at radius 3 is 2.78 bits per heavy atom. The molecule has 7 heteroatoms. The third kappa shape index (κ3) is 3.17. The fourth-order valence-corrected chi connectivity index (χ4v) is 4.23. The number of hydrogen-bond acceptors (Lipinski definition) is 4. The molecule has 0 saturated carbocycles. The number of nitrogens with zero attached hydrogens (tertiary/aromatic N) is 1. The number of thiophene rings is 1. The maximum Gasteiger partial charge on any atom is 0.254 e. The van der Waals surface area contributed by atoms with E-state index in [1.54, 1.807) is 24.3 Å². The standard InChI is InChI=1S/C16H18N2O3S2/c1-11-4-5-13(23(17,20)21)9-14(11)16(19)18-7-2-3-15(18)12-6-8-22-10-12/h4-6,8-10,15H,2-3,7H2,1H3,(H2,17,20,21). The number of benzene rings is 1. The van der Waals surface area contributed by atoms with E-state index in [9.17, 15) is 13.2 Å². The summed E-state index contributed by atoms with van der Waals surface area (Å²) in [4.78, 5) is 14.7. The summed E-state index contributed by atoms with van der Waals surface area (Å²) in [5, 5.41) is 9.25. The van der Waals surface area contributed by atoms with Gasteiger partial charge in [-0.1, -0.05) is 6.07 Å². The van der Waals surface area contributed by atoms with E-state index < -0.39 is 10.0 Å². The van der Waals surface area contributed by atoms with E-state index in [2.05, 4.69) is 5.38 Å². The van der Waals surface area contributed by atoms with Crippen LogP contribution < -0.4 is 5.14 Å². The molecule has 1 aliphatic heterocycles. The molecule has 2 N–H and O–H groups in total. The first kappa shape index (κ1) is 16.2. The van der Waals surface area contributed by atoms with Gasteiger partial charge in [0, 0.05) is 12.1 Å². The Morgan fingerprint density at radius 2 is 2.13 bits per heavy atom. The van der Waals surface area contributed by atoms with E-state index in [4.69, 9.17) is 5.14 Å². The van der Waals surface area contributed by atoms with Gasteiger partial charge in [0.2, 0.25) is 10.0 Å². The van der Waals surface area contributed by atoms with Crippen molar-refractivity contribution in [2.24, 2.45) is 5.14 Å². The van der Waals surface area contributed by atoms with E-state index in [1.165, 1.54) is 12.1 Å². The summed E-state index contributed by atoms with van der Waals surface area (Å²) in [6, 6.07) is 6.54. The summed E-state index contributed by atoms with van der Waals surface area (Å²) in [6.45, 7) is 2.48. The first-order valence-electron chi connectivity index (χ1n) is 7.34. The Morgan fingerprint density at radius 1 is 1.35 bits per heavy atom. The lowest BCUT2D eigenvalue weighted by molar-refractivity contribution is 0.0735. The SMILES string of the molecule is Cc1ccc(S(N)(=O)=O)cc1C(=O)N1CCCC1c1ccsc1. The van der Waals surface area contributed by atoms with Crippen LogP contribution in [0.5, 0.6) is 0 Å². The number of rotatable bonds is 3. The summed E-state index contributed by atoms with van der Waals surface area (Å²) in [5.41, 5.74) is 2.29. The van der Waals surface area contributed by atoms with Gasteiger partial charge in [-0.05, 0) is 59.9 Å². The average Bonchev–Trinajstić information content (AvgIpc) is 3.16. The average molecular weight is 350 g/mol. The van der Waals surface area contributed by atoms with Crippen LogP contribution in [-0.2, 0) is 10.0 Å². The third-order valence-corrected chi connectivity index (χ3v) is 5.82. The van der Waals surface area contributed by atoms with Crippen molar-refractivity contribution in [1.29, 1.82) is 0 Å². The van der Waals surface area contributed by atoms with Crippen LogP contribution in [0.15, 0.2) is 39.9 Å². The summed E-state index contributed by atoms with van der Waals surface area (Å²) >= 11 is 1.61. The maximum atomic E-state index is 12.9. The normalized spacial score (nSPS) is 18.3. The zero-order valence-corrected chi connectivity index (χ0v) is 14.4. The van der Waals surface area contributed by atoms with E-state index in [-0.39, 0.29) is 16.8 Å². The Labute approximate surface area is 139 Å². The summed E-state index contributed by atoms with van der Waals surface area (Å²) in [5.74, 6) is -0.137. The highest BCUT2D eigenvalue weighted by Crippen LogP contribution is 2.34. The van der Waals surface area contributed by atoms with Crippen molar-refractivity contribution in [3.63, 3.8) is 0 Å². The molecule has 1 atom stereocenters. The van der Waals surface area contributed by atoms with Crippen LogP contribution in [0.4, 0.5) is 0 Å². The zero-order chi connectivity index (χ0) is 16.6. The van der Waals surface area contributed by atoms with Crippen molar-refractivity contribution in [2.45, 2.75) is 30.7 Å². The second-order valence-corrected chi connectivity index (χ2v) is 8.08. The Hall–Kier alpha value is -1.70. The van der Waals surface area contributed by atoms with E-state index >= 15 is 0 Å². The number of nitrogens with two attached hydrogens (primary N) is 1. The number of primary sulfonamides is 1. The zero-order valence-electron chi connectivity index (χ0n) is 12.7. The maximum absolute atomic E-state index is 12.9. The molecule has 1 fully saturated rings. The van der Waals surface area contributed by atoms with Crippen LogP contribution >= 0.6 is 11.3 Å². The van der Waals surface area contributed by atoms with Crippen molar-refractivity contribution >= 4 is 27.3 Å². The minimum absolute atomic E-state index is 0.0299. The lowest BCUT2D eigenvalue weighted by Crippen LogP contribution is -2.31. The second kappa shape index (κ2) is 6.07. The molecule has 1 saturated heterocycles. The summed E-state index contributed by atoms with van der Waals surface area (Å²) < 4.78 is 23.1. The number of carbonyl (C=O) groups excluding carboxylic acids is 1. The number of sulfonamides is 1. The lowest BCUT2D eigenvalue weighted by Gasteiger charge is -2.25. The first-order valence-corrected chi connectivity index (χ1v) is 9.83. The largest absolute Gasteiger partial charge is 0.332 e. The van der Waals surface area contributed by atoms with Crippen LogP contribution in [-0.4, -0.2) is 25.8 Å². The van der Waals surface area contributed by atoms with Crippen molar-refractivity contribution in [1.82, 2.24) is 4.90 Å². The predicted molar refractivity (Wildman–Crippen MR) is 89.9 cm³/mol. The topological polar surface area (TPSA) is 80.5 Å². The van der Waals surface area contributed by atoms with Gasteiger partial charge < -0.3 is 4.90 Å². The fourth-order valence-electron chi connectivity index (χ4n) is 2.98. The molecule has 1 amide bonds. The van der Waals surface area contributed by atoms with Crippen LogP contribution in [0.1, 0.15) is 40.4 Å². The molecule has 0 radical (unpaired) electrons. The molecule has 5 nitrogen and oxygen atoms in total. The molecule has 3 rings (SSSR count). The summed E-state index contributed by atoms with van der Waals surface area (Å²) in [6.07, 6.45) is 1.87. The molecule has 1 aromatic heterocycles. The molecule has 1 unspecified atom stereocenters. The van der Waals surface area contributed by atoms with Crippen LogP contribution in [0.2, 0.25) is 0 Å². The molecular weight excluding hydrogens is 332 g/mol. The smallest absolute Gasteiger partial charge is 0.254 e. The molecule has 0 aliphatic carbocycles. The molecule has 0 spiro atoms. The monoisotopic (exact) mass is 350 g/mol. The fraction of sp³-hybridized carbons (Fsp3) is 0.312. The van der Waals surface area contributed by atoms with Gasteiger partial charge in [0.15, 0.2) is 0 Å². The lowest BCUT2D eigenvalue weighted by atomic mass is 10.1. The molecular formula is C16H18N2O3S2. The highest BCUT2D eigenvalue weighted by atomic mass is 32.2. The van der Waals surface area contributed by atoms with Crippen LogP contribution in [0.25, 0.3) is 0 Å². The Kier molecular flexibility index (Phi) is 4.27. The van der Waals surface area contributed by atoms with Gasteiger partial charge in [-0.15, -0.1) is 0 Å². The van der Waals surface area contributed by atoms with Crippen molar-refractivity contribution in [3.8, 4) is 0 Å². The minimum atomic E-state index is -3.82. The Balaban J connectivity index is 1.97. The predicted octanol–water partition coefficient (Wildman–Crippen LogP) is 2.68. The van der Waals surface area contributed by atoms with Gasteiger partial charge >= 0.3 is 0 Å². The van der Waals surface area contributed by atoms with Gasteiger partial charge in [0.25, 0.3) is 5.91 Å². The highest BCUT2D eigenvalue weighted by molar-refractivity contribution is 7.89. The van der Waals surface area contributed by atoms with Gasteiger partial charge in [0.05, 0.1) is 10.9 Å². The van der Waals surface area contributed by atoms with Gasteiger partial charge in [-0.25, -0.2) is 13.6 Å². The van der Waals surface area contributed by atoms with E-state index in [1.807, 2.05) is 16.3 Å². The second-order valence-electron chi connectivity index (χ2n) is 5.73. The molecule has 1 aliphatic rings. The quantitative estimate of drug-likeness (QED) is 0.924. The molecule has 2 heterocycles. The van der Waals surface area contributed by atoms with E-state index in [0.29, 0.717) is 12.1 Å².